The fourth-order valence-electron chi connectivity index (χ4n) is 4.34. The van der Waals surface area contributed by atoms with Gasteiger partial charge in [-0.2, -0.15) is 0 Å². The number of hydrogen-bond acceptors (Lipinski definition) is 4. The average Bonchev–Trinajstić information content (AvgIpc) is 3.06. The molecule has 1 amide bonds. The molecular weight excluding hydrogens is 376 g/mol. The Morgan fingerprint density at radius 3 is 2.57 bits per heavy atom. The number of imidazole rings is 1. The number of nitrogens with one attached hydrogen (secondary N) is 2. The van der Waals surface area contributed by atoms with Crippen LogP contribution >= 0.6 is 0 Å². The molecule has 0 spiro atoms. The Hall–Kier alpha value is -3.02. The number of hydrogen-bond donors (Lipinski definition) is 2. The Labute approximate surface area is 177 Å². The van der Waals surface area contributed by atoms with E-state index in [-0.39, 0.29) is 5.91 Å². The lowest BCUT2D eigenvalue weighted by molar-refractivity contribution is -0.126. The zero-order valence-electron chi connectivity index (χ0n) is 18.0. The van der Waals surface area contributed by atoms with Gasteiger partial charge in [-0.25, -0.2) is 4.98 Å². The fraction of sp³-hybridized carbons (Fsp3) is 0.417. The van der Waals surface area contributed by atoms with E-state index in [9.17, 15) is 4.79 Å². The number of anilines is 1. The molecule has 4 rings (SSSR count). The van der Waals surface area contributed by atoms with Crippen LogP contribution in [0.5, 0.6) is 5.75 Å². The van der Waals surface area contributed by atoms with Gasteiger partial charge in [0.15, 0.2) is 0 Å². The topological polar surface area (TPSA) is 68.2 Å². The summed E-state index contributed by atoms with van der Waals surface area (Å²) >= 11 is 0. The molecule has 1 aromatic heterocycles. The van der Waals surface area contributed by atoms with Gasteiger partial charge in [0, 0.05) is 19.3 Å². The second-order valence-corrected chi connectivity index (χ2v) is 8.22. The molecule has 0 unspecified atom stereocenters. The van der Waals surface area contributed by atoms with E-state index in [0.717, 1.165) is 59.5 Å². The molecule has 1 saturated carbocycles. The maximum absolute atomic E-state index is 13.3. The molecule has 2 aromatic carbocycles. The Balaban J connectivity index is 1.49. The Morgan fingerprint density at radius 1 is 1.13 bits per heavy atom. The first-order valence-electron chi connectivity index (χ1n) is 10.6. The first kappa shape index (κ1) is 20.3. The number of carbonyl (C=O) groups is 1. The first-order chi connectivity index (χ1) is 14.5. The Kier molecular flexibility index (Phi) is 5.66. The SMILES string of the molecule is COc1ccc(NC2(C(=O)NCc3ccc4c(c3)nc(C)n4C)CCCCC2)cc1. The predicted octanol–water partition coefficient (Wildman–Crippen LogP) is 4.32. The maximum Gasteiger partial charge on any atom is 0.245 e. The van der Waals surface area contributed by atoms with Gasteiger partial charge in [-0.15, -0.1) is 0 Å². The van der Waals surface area contributed by atoms with Gasteiger partial charge < -0.3 is 19.9 Å². The van der Waals surface area contributed by atoms with Gasteiger partial charge in [-0.1, -0.05) is 25.3 Å². The number of nitrogens with zero attached hydrogens (tertiary/aromatic N) is 2. The molecule has 0 bridgehead atoms. The lowest BCUT2D eigenvalue weighted by Gasteiger charge is -2.37. The highest BCUT2D eigenvalue weighted by Crippen LogP contribution is 2.32. The standard InChI is InChI=1S/C24H30N4O2/c1-17-26-21-15-18(7-12-22(21)28(17)2)16-25-23(29)24(13-5-4-6-14-24)27-19-8-10-20(30-3)11-9-19/h7-12,15,27H,4-6,13-14,16H2,1-3H3,(H,25,29). The Bertz CT molecular complexity index is 1030. The molecule has 1 fully saturated rings. The van der Waals surface area contributed by atoms with E-state index in [1.807, 2.05) is 38.2 Å². The van der Waals surface area contributed by atoms with E-state index in [2.05, 4.69) is 38.4 Å². The summed E-state index contributed by atoms with van der Waals surface area (Å²) in [5.74, 6) is 1.86. The number of aryl methyl sites for hydroxylation is 2. The second kappa shape index (κ2) is 8.38. The van der Waals surface area contributed by atoms with Gasteiger partial charge in [0.05, 0.1) is 18.1 Å². The van der Waals surface area contributed by atoms with Crippen LogP contribution < -0.4 is 15.4 Å². The molecule has 0 saturated heterocycles. The van der Waals surface area contributed by atoms with Gasteiger partial charge in [-0.3, -0.25) is 4.79 Å². The van der Waals surface area contributed by atoms with Crippen LogP contribution in [0.25, 0.3) is 11.0 Å². The third kappa shape index (κ3) is 3.99. The van der Waals surface area contributed by atoms with E-state index >= 15 is 0 Å². The van der Waals surface area contributed by atoms with Crippen LogP contribution in [0, 0.1) is 6.92 Å². The number of methoxy groups -OCH3 is 1. The van der Waals surface area contributed by atoms with Crippen molar-refractivity contribution < 1.29 is 9.53 Å². The lowest BCUT2D eigenvalue weighted by Crippen LogP contribution is -2.53. The molecule has 0 aliphatic heterocycles. The number of benzene rings is 2. The maximum atomic E-state index is 13.3. The number of carbonyl (C=O) groups excluding carboxylic acids is 1. The molecule has 3 aromatic rings. The third-order valence-corrected chi connectivity index (χ3v) is 6.24. The van der Waals surface area contributed by atoms with Crippen LogP contribution in [0.2, 0.25) is 0 Å². The van der Waals surface area contributed by atoms with Crippen LogP contribution in [0.3, 0.4) is 0 Å². The highest BCUT2D eigenvalue weighted by Gasteiger charge is 2.39. The van der Waals surface area contributed by atoms with E-state index in [1.165, 1.54) is 6.42 Å². The quantitative estimate of drug-likeness (QED) is 0.640. The summed E-state index contributed by atoms with van der Waals surface area (Å²) in [6.07, 6.45) is 4.95. The summed E-state index contributed by atoms with van der Waals surface area (Å²) in [6, 6.07) is 14.0. The van der Waals surface area contributed by atoms with Crippen molar-refractivity contribution in [2.45, 2.75) is 51.1 Å². The highest BCUT2D eigenvalue weighted by atomic mass is 16.5. The number of fused-ring (bicyclic) bond motifs is 1. The van der Waals surface area contributed by atoms with Crippen molar-refractivity contribution in [1.82, 2.24) is 14.9 Å². The zero-order chi connectivity index (χ0) is 21.1. The molecular formula is C24H30N4O2. The van der Waals surface area contributed by atoms with Crippen LogP contribution in [-0.2, 0) is 18.4 Å². The smallest absolute Gasteiger partial charge is 0.245 e. The zero-order valence-corrected chi connectivity index (χ0v) is 18.0. The molecule has 0 radical (unpaired) electrons. The van der Waals surface area contributed by atoms with Crippen molar-refractivity contribution in [3.05, 3.63) is 53.9 Å². The lowest BCUT2D eigenvalue weighted by atomic mass is 9.80. The van der Waals surface area contributed by atoms with Crippen molar-refractivity contribution in [2.24, 2.45) is 7.05 Å². The predicted molar refractivity (Wildman–Crippen MR) is 120 cm³/mol. The number of ether oxygens (including phenoxy) is 1. The summed E-state index contributed by atoms with van der Waals surface area (Å²) in [6.45, 7) is 2.50. The van der Waals surface area contributed by atoms with E-state index in [0.29, 0.717) is 6.54 Å². The van der Waals surface area contributed by atoms with Crippen molar-refractivity contribution in [2.75, 3.05) is 12.4 Å². The van der Waals surface area contributed by atoms with Gasteiger partial charge in [0.1, 0.15) is 17.1 Å². The van der Waals surface area contributed by atoms with Crippen LogP contribution in [0.1, 0.15) is 43.5 Å². The molecule has 6 nitrogen and oxygen atoms in total. The van der Waals surface area contributed by atoms with Gasteiger partial charge in [0.25, 0.3) is 0 Å². The van der Waals surface area contributed by atoms with Crippen LogP contribution in [0.15, 0.2) is 42.5 Å². The van der Waals surface area contributed by atoms with Crippen molar-refractivity contribution in [3.63, 3.8) is 0 Å². The molecule has 6 heteroatoms. The minimum atomic E-state index is -0.571. The summed E-state index contributed by atoms with van der Waals surface area (Å²) in [7, 11) is 3.67. The third-order valence-electron chi connectivity index (χ3n) is 6.24. The van der Waals surface area contributed by atoms with Crippen molar-refractivity contribution in [1.29, 1.82) is 0 Å². The molecule has 1 aliphatic carbocycles. The molecule has 0 atom stereocenters. The summed E-state index contributed by atoms with van der Waals surface area (Å²) in [4.78, 5) is 17.9. The second-order valence-electron chi connectivity index (χ2n) is 8.22. The minimum Gasteiger partial charge on any atom is -0.497 e. The highest BCUT2D eigenvalue weighted by molar-refractivity contribution is 5.89. The van der Waals surface area contributed by atoms with Gasteiger partial charge in [0.2, 0.25) is 5.91 Å². The monoisotopic (exact) mass is 406 g/mol. The van der Waals surface area contributed by atoms with E-state index in [1.54, 1.807) is 7.11 Å². The average molecular weight is 407 g/mol. The van der Waals surface area contributed by atoms with Gasteiger partial charge >= 0.3 is 0 Å². The van der Waals surface area contributed by atoms with E-state index in [4.69, 9.17) is 4.74 Å². The van der Waals surface area contributed by atoms with Crippen LogP contribution in [0.4, 0.5) is 5.69 Å². The van der Waals surface area contributed by atoms with Crippen LogP contribution in [-0.4, -0.2) is 28.1 Å². The largest absolute Gasteiger partial charge is 0.497 e. The molecule has 2 N–H and O–H groups in total. The fourth-order valence-corrected chi connectivity index (χ4v) is 4.34. The normalized spacial score (nSPS) is 15.7. The molecule has 30 heavy (non-hydrogen) atoms. The number of aromatic nitrogens is 2. The van der Waals surface area contributed by atoms with Gasteiger partial charge in [-0.05, 0) is 61.7 Å². The summed E-state index contributed by atoms with van der Waals surface area (Å²) in [5.41, 5.74) is 3.50. The molecule has 1 heterocycles. The molecule has 1 aliphatic rings. The molecule has 158 valence electrons. The van der Waals surface area contributed by atoms with Crippen molar-refractivity contribution >= 4 is 22.6 Å². The van der Waals surface area contributed by atoms with Crippen molar-refractivity contribution in [3.8, 4) is 5.75 Å². The first-order valence-corrected chi connectivity index (χ1v) is 10.6. The van der Waals surface area contributed by atoms with E-state index < -0.39 is 5.54 Å². The summed E-state index contributed by atoms with van der Waals surface area (Å²) in [5, 5.41) is 6.72. The minimum absolute atomic E-state index is 0.0651. The summed E-state index contributed by atoms with van der Waals surface area (Å²) < 4.78 is 7.32. The number of amides is 1. The number of rotatable bonds is 6. The Morgan fingerprint density at radius 2 is 1.87 bits per heavy atom.